The molecule has 0 aromatic heterocycles. The van der Waals surface area contributed by atoms with Gasteiger partial charge in [-0.1, -0.05) is 29.8 Å². The van der Waals surface area contributed by atoms with Crippen LogP contribution in [-0.2, 0) is 14.3 Å². The van der Waals surface area contributed by atoms with E-state index in [0.29, 0.717) is 71.8 Å². The van der Waals surface area contributed by atoms with Crippen molar-refractivity contribution >= 4 is 34.7 Å². The molecule has 2 aliphatic rings. The molecular weight excluding hydrogens is 404 g/mol. The molecule has 2 amide bonds. The quantitative estimate of drug-likeness (QED) is 0.683. The van der Waals surface area contributed by atoms with Crippen molar-refractivity contribution in [3.63, 3.8) is 0 Å². The van der Waals surface area contributed by atoms with Gasteiger partial charge >= 0.3 is 0 Å². The Hall–Kier alpha value is -2.83. The smallest absolute Gasteiger partial charge is 0.282 e. The molecule has 1 saturated heterocycles. The maximum Gasteiger partial charge on any atom is 0.282 e. The Kier molecular flexibility index (Phi) is 5.79. The molecule has 2 heterocycles. The fourth-order valence-electron chi connectivity index (χ4n) is 3.80. The number of nitrogens with zero attached hydrogens (tertiary/aromatic N) is 2. The Morgan fingerprint density at radius 3 is 2.40 bits per heavy atom. The van der Waals surface area contributed by atoms with Gasteiger partial charge in [-0.15, -0.1) is 0 Å². The van der Waals surface area contributed by atoms with Crippen molar-refractivity contribution < 1.29 is 19.1 Å². The second-order valence-corrected chi connectivity index (χ2v) is 7.52. The lowest BCUT2D eigenvalue weighted by Crippen LogP contribution is -2.40. The lowest BCUT2D eigenvalue weighted by molar-refractivity contribution is -0.121. The molecule has 6 nitrogen and oxygen atoms in total. The Balaban J connectivity index is 1.81. The van der Waals surface area contributed by atoms with Crippen LogP contribution in [0.15, 0.2) is 48.2 Å². The van der Waals surface area contributed by atoms with E-state index < -0.39 is 0 Å². The van der Waals surface area contributed by atoms with E-state index in [2.05, 4.69) is 0 Å². The van der Waals surface area contributed by atoms with Crippen molar-refractivity contribution in [3.8, 4) is 5.75 Å². The number of carbonyl (C=O) groups is 2. The van der Waals surface area contributed by atoms with Gasteiger partial charge in [0.05, 0.1) is 31.1 Å². The van der Waals surface area contributed by atoms with Gasteiger partial charge < -0.3 is 14.4 Å². The van der Waals surface area contributed by atoms with Crippen LogP contribution >= 0.6 is 11.6 Å². The number of amides is 2. The van der Waals surface area contributed by atoms with E-state index in [-0.39, 0.29) is 11.8 Å². The van der Waals surface area contributed by atoms with Crippen LogP contribution in [0.3, 0.4) is 0 Å². The highest BCUT2D eigenvalue weighted by Gasteiger charge is 2.43. The summed E-state index contributed by atoms with van der Waals surface area (Å²) in [7, 11) is 0. The van der Waals surface area contributed by atoms with Gasteiger partial charge in [0.1, 0.15) is 11.4 Å². The number of ether oxygens (including phenoxy) is 2. The largest absolute Gasteiger partial charge is 0.494 e. The first-order chi connectivity index (χ1) is 14.5. The molecule has 156 valence electrons. The van der Waals surface area contributed by atoms with E-state index in [4.69, 9.17) is 21.1 Å². The molecule has 7 heteroatoms. The summed E-state index contributed by atoms with van der Waals surface area (Å²) in [5.74, 6) is 0.0289. The molecule has 30 heavy (non-hydrogen) atoms. The maximum atomic E-state index is 13.6. The van der Waals surface area contributed by atoms with Crippen LogP contribution in [0.5, 0.6) is 5.75 Å². The molecule has 0 N–H and O–H groups in total. The monoisotopic (exact) mass is 426 g/mol. The van der Waals surface area contributed by atoms with E-state index in [1.54, 1.807) is 18.2 Å². The number of imide groups is 1. The summed E-state index contributed by atoms with van der Waals surface area (Å²) in [4.78, 5) is 30.3. The molecule has 2 aliphatic heterocycles. The van der Waals surface area contributed by atoms with Crippen molar-refractivity contribution in [2.45, 2.75) is 13.8 Å². The number of hydrogen-bond acceptors (Lipinski definition) is 5. The third-order valence-corrected chi connectivity index (χ3v) is 5.73. The van der Waals surface area contributed by atoms with Crippen molar-refractivity contribution in [3.05, 3.63) is 64.3 Å². The van der Waals surface area contributed by atoms with Crippen LogP contribution in [0.1, 0.15) is 18.1 Å². The minimum Gasteiger partial charge on any atom is -0.494 e. The third-order valence-electron chi connectivity index (χ3n) is 5.32. The second kappa shape index (κ2) is 8.50. The van der Waals surface area contributed by atoms with E-state index in [1.165, 1.54) is 4.90 Å². The molecule has 0 unspecified atom stereocenters. The first-order valence-electron chi connectivity index (χ1n) is 9.97. The number of halogens is 1. The first-order valence-corrected chi connectivity index (χ1v) is 10.3. The van der Waals surface area contributed by atoms with E-state index in [1.807, 2.05) is 43.0 Å². The predicted molar refractivity (Wildman–Crippen MR) is 116 cm³/mol. The summed E-state index contributed by atoms with van der Waals surface area (Å²) in [5.41, 5.74) is 2.68. The van der Waals surface area contributed by atoms with Gasteiger partial charge in [-0.05, 0) is 49.2 Å². The molecule has 0 saturated carbocycles. The SMILES string of the molecule is CCOc1ccc(C2=C(N3CCOCC3)C(=O)N(c3cccc(Cl)c3C)C2=O)cc1. The Bertz CT molecular complexity index is 1010. The standard InChI is InChI=1S/C23H23ClN2O4/c1-3-30-17-9-7-16(8-10-17)20-21(25-11-13-29-14-12-25)23(28)26(22(20)27)19-6-4-5-18(24)15(19)2/h4-10H,3,11-14H2,1-2H3. The summed E-state index contributed by atoms with van der Waals surface area (Å²) >= 11 is 6.27. The first kappa shape index (κ1) is 20.4. The highest BCUT2D eigenvalue weighted by Crippen LogP contribution is 2.38. The Labute approximate surface area is 180 Å². The number of benzene rings is 2. The van der Waals surface area contributed by atoms with Gasteiger partial charge in [-0.25, -0.2) is 4.90 Å². The summed E-state index contributed by atoms with van der Waals surface area (Å²) in [6.07, 6.45) is 0. The fraction of sp³-hybridized carbons (Fsp3) is 0.304. The number of rotatable bonds is 5. The summed E-state index contributed by atoms with van der Waals surface area (Å²) in [6.45, 7) is 6.41. The molecular formula is C23H23ClN2O4. The maximum absolute atomic E-state index is 13.6. The summed E-state index contributed by atoms with van der Waals surface area (Å²) < 4.78 is 11.0. The van der Waals surface area contributed by atoms with Crippen molar-refractivity contribution in [1.29, 1.82) is 0 Å². The highest BCUT2D eigenvalue weighted by molar-refractivity contribution is 6.46. The topological polar surface area (TPSA) is 59.1 Å². The van der Waals surface area contributed by atoms with Gasteiger partial charge in [0, 0.05) is 18.1 Å². The molecule has 2 aromatic carbocycles. The zero-order chi connectivity index (χ0) is 21.3. The van der Waals surface area contributed by atoms with Crippen LogP contribution in [0.25, 0.3) is 5.57 Å². The van der Waals surface area contributed by atoms with E-state index >= 15 is 0 Å². The van der Waals surface area contributed by atoms with Gasteiger partial charge in [0.25, 0.3) is 11.8 Å². The Morgan fingerprint density at radius 2 is 1.73 bits per heavy atom. The molecule has 0 spiro atoms. The number of hydrogen-bond donors (Lipinski definition) is 0. The van der Waals surface area contributed by atoms with E-state index in [0.717, 1.165) is 0 Å². The molecule has 0 atom stereocenters. The fourth-order valence-corrected chi connectivity index (χ4v) is 3.97. The zero-order valence-electron chi connectivity index (χ0n) is 17.0. The lowest BCUT2D eigenvalue weighted by Gasteiger charge is -2.29. The van der Waals surface area contributed by atoms with E-state index in [9.17, 15) is 9.59 Å². The van der Waals surface area contributed by atoms with Gasteiger partial charge in [0.15, 0.2) is 0 Å². The van der Waals surface area contributed by atoms with Crippen LogP contribution in [0.2, 0.25) is 5.02 Å². The number of morpholine rings is 1. The molecule has 2 aromatic rings. The molecule has 0 radical (unpaired) electrons. The summed E-state index contributed by atoms with van der Waals surface area (Å²) in [6, 6.07) is 12.5. The average Bonchev–Trinajstić information content (AvgIpc) is 3.02. The lowest BCUT2D eigenvalue weighted by atomic mass is 10.0. The molecule has 0 aliphatic carbocycles. The zero-order valence-corrected chi connectivity index (χ0v) is 17.7. The van der Waals surface area contributed by atoms with Crippen molar-refractivity contribution in [2.24, 2.45) is 0 Å². The minimum atomic E-state index is -0.351. The predicted octanol–water partition coefficient (Wildman–Crippen LogP) is 3.66. The molecule has 0 bridgehead atoms. The Morgan fingerprint density at radius 1 is 1.03 bits per heavy atom. The van der Waals surface area contributed by atoms with Gasteiger partial charge in [-0.2, -0.15) is 0 Å². The van der Waals surface area contributed by atoms with Crippen LogP contribution < -0.4 is 9.64 Å². The van der Waals surface area contributed by atoms with Crippen molar-refractivity contribution in [2.75, 3.05) is 37.8 Å². The third kappa shape index (κ3) is 3.57. The number of carbonyl (C=O) groups excluding carboxylic acids is 2. The van der Waals surface area contributed by atoms with Crippen LogP contribution in [0, 0.1) is 6.92 Å². The van der Waals surface area contributed by atoms with Crippen LogP contribution in [-0.4, -0.2) is 49.6 Å². The molecule has 1 fully saturated rings. The number of anilines is 1. The average molecular weight is 427 g/mol. The van der Waals surface area contributed by atoms with Gasteiger partial charge in [0.2, 0.25) is 0 Å². The second-order valence-electron chi connectivity index (χ2n) is 7.11. The normalized spacial score (nSPS) is 17.2. The molecule has 4 rings (SSSR count). The highest BCUT2D eigenvalue weighted by atomic mass is 35.5. The van der Waals surface area contributed by atoms with Crippen LogP contribution in [0.4, 0.5) is 5.69 Å². The van der Waals surface area contributed by atoms with Crippen molar-refractivity contribution in [1.82, 2.24) is 4.90 Å². The summed E-state index contributed by atoms with van der Waals surface area (Å²) in [5, 5.41) is 0.510. The van der Waals surface area contributed by atoms with Gasteiger partial charge in [-0.3, -0.25) is 9.59 Å². The minimum absolute atomic E-state index is 0.337.